The first kappa shape index (κ1) is 29.8. The molecule has 2 aliphatic carbocycles. The predicted molar refractivity (Wildman–Crippen MR) is 180 cm³/mol. The van der Waals surface area contributed by atoms with Gasteiger partial charge in [-0.05, 0) is 60.7 Å². The highest BCUT2D eigenvalue weighted by Gasteiger charge is 2.33. The smallest absolute Gasteiger partial charge is 0.264 e. The van der Waals surface area contributed by atoms with E-state index >= 15 is 0 Å². The molecule has 0 amide bonds. The third-order valence-electron chi connectivity index (χ3n) is 8.71. The summed E-state index contributed by atoms with van der Waals surface area (Å²) in [4.78, 5) is 13.0. The van der Waals surface area contributed by atoms with Crippen LogP contribution in [0.1, 0.15) is 69.8 Å². The Hall–Kier alpha value is -3.23. The molecule has 0 bridgehead atoms. The fraction of sp³-hybridized carbons (Fsp3) is 0.371. The van der Waals surface area contributed by atoms with Gasteiger partial charge in [0.25, 0.3) is 10.0 Å². The number of hydrogen-bond acceptors (Lipinski definition) is 4. The Bertz CT molecular complexity index is 1700. The lowest BCUT2D eigenvalue weighted by Crippen LogP contribution is -2.51. The summed E-state index contributed by atoms with van der Waals surface area (Å²) < 4.78 is 31.9. The number of benzene rings is 3. The van der Waals surface area contributed by atoms with Crippen molar-refractivity contribution in [3.63, 3.8) is 0 Å². The zero-order chi connectivity index (χ0) is 29.8. The number of rotatable bonds is 6. The lowest BCUT2D eigenvalue weighted by Gasteiger charge is -2.37. The van der Waals surface area contributed by atoms with Crippen molar-refractivity contribution in [3.05, 3.63) is 88.9 Å². The van der Waals surface area contributed by atoms with Crippen molar-refractivity contribution < 1.29 is 8.42 Å². The van der Waals surface area contributed by atoms with Gasteiger partial charge in [-0.15, -0.1) is 0 Å². The molecular formula is C35H39BrN4O2S. The minimum absolute atomic E-state index is 0.0610. The van der Waals surface area contributed by atoms with Crippen molar-refractivity contribution in [2.24, 2.45) is 4.99 Å². The van der Waals surface area contributed by atoms with Crippen LogP contribution in [0, 0.1) is 6.92 Å². The Kier molecular flexibility index (Phi) is 9.14. The third-order valence-corrected chi connectivity index (χ3v) is 10.9. The summed E-state index contributed by atoms with van der Waals surface area (Å²) in [5.41, 5.74) is 2.84. The zero-order valence-electron chi connectivity index (χ0n) is 24.7. The fourth-order valence-corrected chi connectivity index (χ4v) is 8.05. The molecule has 6 rings (SSSR count). The number of fused-ring (bicyclic) bond motifs is 1. The number of aromatic nitrogens is 1. The van der Waals surface area contributed by atoms with Gasteiger partial charge < -0.3 is 0 Å². The number of nitrogens with one attached hydrogen (secondary N) is 1. The van der Waals surface area contributed by atoms with E-state index in [0.717, 1.165) is 89.3 Å². The summed E-state index contributed by atoms with van der Waals surface area (Å²) in [5.74, 6) is 1.13. The summed E-state index contributed by atoms with van der Waals surface area (Å²) in [6, 6.07) is 25.5. The van der Waals surface area contributed by atoms with Gasteiger partial charge in [-0.2, -0.15) is 0 Å². The van der Waals surface area contributed by atoms with E-state index in [1.807, 2.05) is 49.4 Å². The molecule has 6 nitrogen and oxygen atoms in total. The molecule has 3 aromatic carbocycles. The normalized spacial score (nSPS) is 17.2. The molecule has 2 saturated carbocycles. The van der Waals surface area contributed by atoms with Crippen LogP contribution in [0.2, 0.25) is 0 Å². The van der Waals surface area contributed by atoms with Crippen LogP contribution >= 0.6 is 15.9 Å². The van der Waals surface area contributed by atoms with Gasteiger partial charge in [0.1, 0.15) is 5.82 Å². The van der Waals surface area contributed by atoms with Crippen LogP contribution in [-0.2, 0) is 10.0 Å². The number of sulfonamides is 1. The number of anilines is 1. The molecule has 4 aromatic rings. The second-order valence-corrected chi connectivity index (χ2v) is 14.3. The molecule has 2 aliphatic rings. The average molecular weight is 660 g/mol. The Morgan fingerprint density at radius 1 is 0.814 bits per heavy atom. The highest BCUT2D eigenvalue weighted by atomic mass is 79.9. The number of nitrogens with zero attached hydrogens (tertiary/aromatic N) is 3. The lowest BCUT2D eigenvalue weighted by atomic mass is 9.93. The van der Waals surface area contributed by atoms with Crippen LogP contribution < -0.4 is 9.62 Å². The van der Waals surface area contributed by atoms with E-state index in [1.54, 1.807) is 12.1 Å². The van der Waals surface area contributed by atoms with Gasteiger partial charge >= 0.3 is 0 Å². The largest absolute Gasteiger partial charge is 0.293 e. The summed E-state index contributed by atoms with van der Waals surface area (Å²) in [5, 5.41) is 2.00. The maximum Gasteiger partial charge on any atom is 0.264 e. The monoisotopic (exact) mass is 658 g/mol. The molecule has 0 saturated heterocycles. The minimum atomic E-state index is -3.90. The second kappa shape index (κ2) is 13.2. The molecule has 8 heteroatoms. The molecule has 0 unspecified atom stereocenters. The van der Waals surface area contributed by atoms with Gasteiger partial charge in [0.2, 0.25) is 5.96 Å². The maximum atomic E-state index is 14.0. The van der Waals surface area contributed by atoms with Crippen molar-refractivity contribution in [1.29, 1.82) is 0 Å². The van der Waals surface area contributed by atoms with Crippen LogP contribution in [0.4, 0.5) is 5.82 Å². The summed E-state index contributed by atoms with van der Waals surface area (Å²) in [6.07, 6.45) is 10.6. The molecule has 1 N–H and O–H groups in total. The average Bonchev–Trinajstić information content (AvgIpc) is 3.04. The Morgan fingerprint density at radius 3 is 2.09 bits per heavy atom. The topological polar surface area (TPSA) is 74.7 Å². The number of halogens is 1. The van der Waals surface area contributed by atoms with Crippen LogP contribution in [0.15, 0.2) is 93.2 Å². The molecule has 0 atom stereocenters. The third kappa shape index (κ3) is 6.65. The zero-order valence-corrected chi connectivity index (χ0v) is 27.1. The lowest BCUT2D eigenvalue weighted by molar-refractivity contribution is 0.428. The number of aliphatic imine (C=N–C) groups is 1. The van der Waals surface area contributed by atoms with Gasteiger partial charge in [-0.25, -0.2) is 23.1 Å². The molecular weight excluding hydrogens is 620 g/mol. The fourth-order valence-electron chi connectivity index (χ4n) is 6.39. The van der Waals surface area contributed by atoms with Gasteiger partial charge in [0.05, 0.1) is 21.1 Å². The number of hydrogen-bond donors (Lipinski definition) is 1. The van der Waals surface area contributed by atoms with Crippen LogP contribution in [0.5, 0.6) is 0 Å². The predicted octanol–water partition coefficient (Wildman–Crippen LogP) is 8.78. The maximum absolute atomic E-state index is 14.0. The summed E-state index contributed by atoms with van der Waals surface area (Å²) >= 11 is 3.88. The minimum Gasteiger partial charge on any atom is -0.293 e. The highest BCUT2D eigenvalue weighted by molar-refractivity contribution is 9.10. The van der Waals surface area contributed by atoms with Gasteiger partial charge in [-0.1, -0.05) is 111 Å². The van der Waals surface area contributed by atoms with Crippen molar-refractivity contribution in [2.75, 3.05) is 4.90 Å². The van der Waals surface area contributed by atoms with Crippen molar-refractivity contribution in [1.82, 2.24) is 9.71 Å². The number of pyridine rings is 1. The molecule has 1 aromatic heterocycles. The van der Waals surface area contributed by atoms with Crippen LogP contribution in [0.3, 0.4) is 0 Å². The van der Waals surface area contributed by atoms with Gasteiger partial charge in [0.15, 0.2) is 0 Å². The molecule has 0 spiro atoms. The van der Waals surface area contributed by atoms with Gasteiger partial charge in [-0.3, -0.25) is 4.90 Å². The Labute approximate surface area is 263 Å². The van der Waals surface area contributed by atoms with E-state index in [4.69, 9.17) is 9.98 Å². The van der Waals surface area contributed by atoms with Crippen molar-refractivity contribution in [2.45, 2.75) is 88.1 Å². The van der Waals surface area contributed by atoms with Gasteiger partial charge in [0, 0.05) is 22.4 Å². The van der Waals surface area contributed by atoms with E-state index in [-0.39, 0.29) is 17.0 Å². The summed E-state index contributed by atoms with van der Waals surface area (Å²) in [7, 11) is -3.90. The first-order valence-corrected chi connectivity index (χ1v) is 17.8. The van der Waals surface area contributed by atoms with E-state index in [1.165, 1.54) is 12.8 Å². The molecule has 224 valence electrons. The first-order chi connectivity index (χ1) is 20.9. The standard InChI is InChI=1S/C35H39BrN4O2S/c1-25-21-23-29(24-22-25)43(41,42)39-35(37-27-15-7-3-8-16-27)40(28-17-9-4-10-18-28)34-31-20-12-11-19-30(31)32(36)33(38-34)26-13-5-2-6-14-26/h2,5-6,11-14,19-24,27-28H,3-4,7-10,15-18H2,1H3,(H,37,39). The second-order valence-electron chi connectivity index (χ2n) is 11.8. The number of guanidine groups is 1. The molecule has 0 aliphatic heterocycles. The van der Waals surface area contributed by atoms with Crippen molar-refractivity contribution >= 4 is 48.5 Å². The molecule has 1 heterocycles. The van der Waals surface area contributed by atoms with Crippen LogP contribution in [-0.4, -0.2) is 31.4 Å². The van der Waals surface area contributed by atoms with Crippen molar-refractivity contribution in [3.8, 4) is 11.3 Å². The highest BCUT2D eigenvalue weighted by Crippen LogP contribution is 2.40. The molecule has 2 fully saturated rings. The molecule has 43 heavy (non-hydrogen) atoms. The Morgan fingerprint density at radius 2 is 1.42 bits per heavy atom. The van der Waals surface area contributed by atoms with E-state index in [9.17, 15) is 8.42 Å². The van der Waals surface area contributed by atoms with Crippen LogP contribution in [0.25, 0.3) is 22.0 Å². The van der Waals surface area contributed by atoms with E-state index < -0.39 is 10.0 Å². The van der Waals surface area contributed by atoms with E-state index in [0.29, 0.717) is 5.96 Å². The number of aryl methyl sites for hydroxylation is 1. The molecule has 0 radical (unpaired) electrons. The van der Waals surface area contributed by atoms with E-state index in [2.05, 4.69) is 49.8 Å². The SMILES string of the molecule is Cc1ccc(S(=O)(=O)NC(=NC2CCCCC2)N(c2nc(-c3ccccc3)c(Br)c3ccccc23)C2CCCCC2)cc1. The quantitative estimate of drug-likeness (QED) is 0.166. The summed E-state index contributed by atoms with van der Waals surface area (Å²) in [6.45, 7) is 1.96. The first-order valence-electron chi connectivity index (χ1n) is 15.5. The Balaban J connectivity index is 1.56.